The van der Waals surface area contributed by atoms with Crippen molar-refractivity contribution in [2.24, 2.45) is 0 Å². The monoisotopic (exact) mass is 233 g/mol. The highest BCUT2D eigenvalue weighted by Gasteiger charge is 2.11. The maximum absolute atomic E-state index is 9.10. The average Bonchev–Trinajstić information content (AvgIpc) is 2.19. The van der Waals surface area contributed by atoms with Crippen molar-refractivity contribution in [3.8, 4) is 5.75 Å². The standard InChI is InChI=1S/C10H15NO3.ClH/c1-7-10(14-3)9(6-13-2)8(5-12)4-11-7;/h4,12H,5-6H2,1-3H3;1H. The molecule has 0 aliphatic carbocycles. The lowest BCUT2D eigenvalue weighted by molar-refractivity contribution is 0.177. The minimum atomic E-state index is -0.0532. The van der Waals surface area contributed by atoms with Gasteiger partial charge in [-0.1, -0.05) is 0 Å². The molecule has 1 N–H and O–H groups in total. The third-order valence-electron chi connectivity index (χ3n) is 2.07. The third-order valence-corrected chi connectivity index (χ3v) is 2.07. The summed E-state index contributed by atoms with van der Waals surface area (Å²) in [6.07, 6.45) is 1.65. The Bertz CT molecular complexity index is 318. The smallest absolute Gasteiger partial charge is 0.145 e. The van der Waals surface area contributed by atoms with Crippen LogP contribution in [-0.4, -0.2) is 24.3 Å². The van der Waals surface area contributed by atoms with E-state index in [9.17, 15) is 0 Å². The molecule has 1 aromatic heterocycles. The molecule has 15 heavy (non-hydrogen) atoms. The van der Waals surface area contributed by atoms with Crippen LogP contribution in [0, 0.1) is 6.92 Å². The quantitative estimate of drug-likeness (QED) is 0.856. The van der Waals surface area contributed by atoms with Gasteiger partial charge in [-0.3, -0.25) is 4.98 Å². The van der Waals surface area contributed by atoms with Crippen LogP contribution in [0.25, 0.3) is 0 Å². The summed E-state index contributed by atoms with van der Waals surface area (Å²) in [7, 11) is 3.20. The summed E-state index contributed by atoms with van der Waals surface area (Å²) >= 11 is 0. The Kier molecular flexibility index (Phi) is 6.24. The van der Waals surface area contributed by atoms with Gasteiger partial charge in [-0.25, -0.2) is 0 Å². The van der Waals surface area contributed by atoms with Crippen molar-refractivity contribution in [2.75, 3.05) is 14.2 Å². The molecule has 86 valence electrons. The number of methoxy groups -OCH3 is 2. The first-order valence-electron chi connectivity index (χ1n) is 4.35. The number of rotatable bonds is 4. The van der Waals surface area contributed by atoms with E-state index in [-0.39, 0.29) is 19.0 Å². The molecule has 0 aliphatic rings. The molecule has 0 saturated carbocycles. The van der Waals surface area contributed by atoms with Gasteiger partial charge in [-0.2, -0.15) is 0 Å². The first kappa shape index (κ1) is 14.2. The number of aliphatic hydroxyl groups excluding tert-OH is 1. The van der Waals surface area contributed by atoms with E-state index in [1.807, 2.05) is 6.92 Å². The van der Waals surface area contributed by atoms with Crippen LogP contribution in [-0.2, 0) is 18.0 Å². The maximum atomic E-state index is 9.10. The second-order valence-electron chi connectivity index (χ2n) is 2.97. The number of halogens is 1. The highest BCUT2D eigenvalue weighted by Crippen LogP contribution is 2.25. The van der Waals surface area contributed by atoms with E-state index in [1.165, 1.54) is 0 Å². The molecule has 5 heteroatoms. The molecule has 1 aromatic rings. The molecule has 0 amide bonds. The van der Waals surface area contributed by atoms with Gasteiger partial charge in [0.25, 0.3) is 0 Å². The fourth-order valence-corrected chi connectivity index (χ4v) is 1.39. The molecule has 0 unspecified atom stereocenters. The number of aryl methyl sites for hydroxylation is 1. The molecule has 0 radical (unpaired) electrons. The van der Waals surface area contributed by atoms with Crippen LogP contribution >= 0.6 is 12.4 Å². The second kappa shape index (κ2) is 6.61. The lowest BCUT2D eigenvalue weighted by atomic mass is 10.1. The molecule has 0 aromatic carbocycles. The zero-order chi connectivity index (χ0) is 10.6. The van der Waals surface area contributed by atoms with Gasteiger partial charge < -0.3 is 14.6 Å². The predicted octanol–water partition coefficient (Wildman–Crippen LogP) is 1.46. The van der Waals surface area contributed by atoms with Crippen LogP contribution in [0.15, 0.2) is 6.20 Å². The molecule has 4 nitrogen and oxygen atoms in total. The molecule has 1 rings (SSSR count). The summed E-state index contributed by atoms with van der Waals surface area (Å²) < 4.78 is 10.3. The zero-order valence-corrected chi connectivity index (χ0v) is 9.93. The van der Waals surface area contributed by atoms with E-state index < -0.39 is 0 Å². The summed E-state index contributed by atoms with van der Waals surface area (Å²) in [5.41, 5.74) is 2.41. The molecule has 0 fully saturated rings. The van der Waals surface area contributed by atoms with Crippen molar-refractivity contribution in [2.45, 2.75) is 20.1 Å². The minimum Gasteiger partial charge on any atom is -0.494 e. The number of pyridine rings is 1. The fraction of sp³-hybridized carbons (Fsp3) is 0.500. The van der Waals surface area contributed by atoms with Gasteiger partial charge in [-0.05, 0) is 6.92 Å². The van der Waals surface area contributed by atoms with E-state index in [0.717, 1.165) is 16.8 Å². The van der Waals surface area contributed by atoms with Crippen LogP contribution in [0.3, 0.4) is 0 Å². The minimum absolute atomic E-state index is 0. The molecule has 0 saturated heterocycles. The van der Waals surface area contributed by atoms with E-state index in [1.54, 1.807) is 20.4 Å². The summed E-state index contributed by atoms with van der Waals surface area (Å²) in [4.78, 5) is 4.12. The lowest BCUT2D eigenvalue weighted by Crippen LogP contribution is -2.03. The van der Waals surface area contributed by atoms with E-state index >= 15 is 0 Å². The highest BCUT2D eigenvalue weighted by molar-refractivity contribution is 5.85. The Morgan fingerprint density at radius 2 is 2.07 bits per heavy atom. The number of ether oxygens (including phenoxy) is 2. The van der Waals surface area contributed by atoms with Gasteiger partial charge in [0.05, 0.1) is 26.0 Å². The Morgan fingerprint density at radius 3 is 2.53 bits per heavy atom. The van der Waals surface area contributed by atoms with Crippen molar-refractivity contribution >= 4 is 12.4 Å². The van der Waals surface area contributed by atoms with E-state index in [4.69, 9.17) is 14.6 Å². The Labute approximate surface area is 95.7 Å². The number of aromatic nitrogens is 1. The van der Waals surface area contributed by atoms with Crippen LogP contribution in [0.5, 0.6) is 5.75 Å². The molecular weight excluding hydrogens is 218 g/mol. The third kappa shape index (κ3) is 3.06. The van der Waals surface area contributed by atoms with Crippen LogP contribution in [0.4, 0.5) is 0 Å². The summed E-state index contributed by atoms with van der Waals surface area (Å²) in [6, 6.07) is 0. The number of aliphatic hydroxyl groups is 1. The van der Waals surface area contributed by atoms with Gasteiger partial charge in [-0.15, -0.1) is 12.4 Å². The Morgan fingerprint density at radius 1 is 1.40 bits per heavy atom. The number of hydrogen-bond donors (Lipinski definition) is 1. The summed E-state index contributed by atoms with van der Waals surface area (Å²) in [5.74, 6) is 0.693. The Hall–Kier alpha value is -0.840. The SMILES string of the molecule is COCc1c(CO)cnc(C)c1OC.Cl. The first-order valence-corrected chi connectivity index (χ1v) is 4.35. The summed E-state index contributed by atoms with van der Waals surface area (Å²) in [6.45, 7) is 2.23. The number of nitrogens with zero attached hydrogens (tertiary/aromatic N) is 1. The second-order valence-corrected chi connectivity index (χ2v) is 2.97. The average molecular weight is 234 g/mol. The molecule has 0 aliphatic heterocycles. The maximum Gasteiger partial charge on any atom is 0.145 e. The van der Waals surface area contributed by atoms with Crippen molar-refractivity contribution in [1.29, 1.82) is 0 Å². The lowest BCUT2D eigenvalue weighted by Gasteiger charge is -2.13. The summed E-state index contributed by atoms with van der Waals surface area (Å²) in [5, 5.41) is 9.10. The largest absolute Gasteiger partial charge is 0.494 e. The molecular formula is C10H16ClNO3. The predicted molar refractivity (Wildman–Crippen MR) is 59.4 cm³/mol. The van der Waals surface area contributed by atoms with Crippen molar-refractivity contribution in [1.82, 2.24) is 4.98 Å². The van der Waals surface area contributed by atoms with Gasteiger partial charge in [0.15, 0.2) is 0 Å². The first-order chi connectivity index (χ1) is 6.74. The van der Waals surface area contributed by atoms with Crippen molar-refractivity contribution in [3.63, 3.8) is 0 Å². The fourth-order valence-electron chi connectivity index (χ4n) is 1.39. The van der Waals surface area contributed by atoms with Gasteiger partial charge in [0, 0.05) is 24.4 Å². The molecule has 0 spiro atoms. The zero-order valence-electron chi connectivity index (χ0n) is 9.11. The van der Waals surface area contributed by atoms with Crippen LogP contribution in [0.2, 0.25) is 0 Å². The topological polar surface area (TPSA) is 51.6 Å². The number of hydrogen-bond acceptors (Lipinski definition) is 4. The molecule has 0 bridgehead atoms. The highest BCUT2D eigenvalue weighted by atomic mass is 35.5. The van der Waals surface area contributed by atoms with Crippen LogP contribution in [0.1, 0.15) is 16.8 Å². The van der Waals surface area contributed by atoms with Crippen molar-refractivity contribution in [3.05, 3.63) is 23.0 Å². The Balaban J connectivity index is 0.00000196. The van der Waals surface area contributed by atoms with E-state index in [2.05, 4.69) is 4.98 Å². The van der Waals surface area contributed by atoms with Crippen molar-refractivity contribution < 1.29 is 14.6 Å². The van der Waals surface area contributed by atoms with Gasteiger partial charge in [0.2, 0.25) is 0 Å². The van der Waals surface area contributed by atoms with E-state index in [0.29, 0.717) is 12.4 Å². The normalized spacial score (nSPS) is 9.60. The molecule has 0 atom stereocenters. The van der Waals surface area contributed by atoms with Crippen LogP contribution < -0.4 is 4.74 Å². The van der Waals surface area contributed by atoms with Gasteiger partial charge >= 0.3 is 0 Å². The molecule has 1 heterocycles. The van der Waals surface area contributed by atoms with Gasteiger partial charge in [0.1, 0.15) is 5.75 Å².